The first kappa shape index (κ1) is 38.1. The molecule has 0 spiro atoms. The van der Waals surface area contributed by atoms with Crippen LogP contribution in [-0.2, 0) is 57.1 Å². The van der Waals surface area contributed by atoms with Gasteiger partial charge in [-0.15, -0.1) is 11.5 Å². The van der Waals surface area contributed by atoms with Gasteiger partial charge in [0.25, 0.3) is 11.8 Å². The second-order valence-corrected chi connectivity index (χ2v) is 9.21. The normalized spacial score (nSPS) is 12.9. The molecule has 1 aromatic carbocycles. The van der Waals surface area contributed by atoms with Gasteiger partial charge in [0.15, 0.2) is 0 Å². The number of hydrogen-bond acceptors (Lipinski definition) is 13. The van der Waals surface area contributed by atoms with E-state index in [1.807, 2.05) is 24.3 Å². The van der Waals surface area contributed by atoms with E-state index in [0.29, 0.717) is 104 Å². The fraction of sp³-hybridized carbons (Fsp3) is 0.645. The van der Waals surface area contributed by atoms with Gasteiger partial charge in [0, 0.05) is 18.4 Å². The van der Waals surface area contributed by atoms with Gasteiger partial charge in [0.05, 0.1) is 112 Å². The number of benzene rings is 1. The molecule has 0 unspecified atom stereocenters. The molecule has 0 N–H and O–H groups in total. The van der Waals surface area contributed by atoms with E-state index >= 15 is 0 Å². The zero-order valence-electron chi connectivity index (χ0n) is 25.8. The minimum absolute atomic E-state index is 0.0596. The van der Waals surface area contributed by atoms with Crippen LogP contribution in [0.1, 0.15) is 24.8 Å². The van der Waals surface area contributed by atoms with E-state index in [1.54, 1.807) is 0 Å². The molecular formula is C31H45NO13. The van der Waals surface area contributed by atoms with Crippen LogP contribution in [0.4, 0.5) is 0 Å². The van der Waals surface area contributed by atoms with E-state index in [9.17, 15) is 14.4 Å². The minimum atomic E-state index is -0.699. The molecule has 1 aliphatic rings. The third kappa shape index (κ3) is 19.8. The largest absolute Gasteiger partial charge is 0.491 e. The van der Waals surface area contributed by atoms with Gasteiger partial charge in [-0.3, -0.25) is 9.59 Å². The van der Waals surface area contributed by atoms with E-state index in [1.165, 1.54) is 0 Å². The molecule has 0 saturated carbocycles. The Morgan fingerprint density at radius 3 is 1.31 bits per heavy atom. The van der Waals surface area contributed by atoms with E-state index in [-0.39, 0.29) is 32.5 Å². The molecule has 0 aromatic heterocycles. The number of ether oxygens (including phenoxy) is 9. The summed E-state index contributed by atoms with van der Waals surface area (Å²) >= 11 is 0. The number of amides is 2. The molecule has 0 atom stereocenters. The van der Waals surface area contributed by atoms with Crippen molar-refractivity contribution < 1.29 is 61.9 Å². The van der Waals surface area contributed by atoms with Crippen LogP contribution in [0.3, 0.4) is 0 Å². The summed E-state index contributed by atoms with van der Waals surface area (Å²) in [5.74, 6) is 1.60. The highest BCUT2D eigenvalue weighted by Gasteiger charge is 2.32. The maximum Gasteiger partial charge on any atom is 0.335 e. The zero-order chi connectivity index (χ0) is 32.2. The third-order valence-electron chi connectivity index (χ3n) is 5.77. The Morgan fingerprint density at radius 1 is 0.578 bits per heavy atom. The van der Waals surface area contributed by atoms with Crippen LogP contribution in [0.25, 0.3) is 0 Å². The summed E-state index contributed by atoms with van der Waals surface area (Å²) in [4.78, 5) is 39.1. The highest BCUT2D eigenvalue weighted by Crippen LogP contribution is 2.13. The number of imide groups is 1. The van der Waals surface area contributed by atoms with Gasteiger partial charge in [-0.2, -0.15) is 0 Å². The quantitative estimate of drug-likeness (QED) is 0.0703. The van der Waals surface area contributed by atoms with Crippen molar-refractivity contribution in [3.05, 3.63) is 29.8 Å². The molecule has 14 heteroatoms. The molecule has 2 rings (SSSR count). The standard InChI is InChI=1S/C31H45NO13/c1-2-27-3-5-28(6-4-27)44-26-25-43-24-23-42-22-21-41-20-19-40-18-17-39-16-15-38-14-13-37-12-11-36-10-9-31(35)45-32-29(33)7-8-30(32)34/h1,3-6H,7-26H2. The van der Waals surface area contributed by atoms with E-state index in [2.05, 4.69) is 5.92 Å². The van der Waals surface area contributed by atoms with E-state index in [0.717, 1.165) is 11.3 Å². The van der Waals surface area contributed by atoms with Crippen molar-refractivity contribution in [2.75, 3.05) is 112 Å². The lowest BCUT2D eigenvalue weighted by molar-refractivity contribution is -0.198. The molecule has 14 nitrogen and oxygen atoms in total. The topological polar surface area (TPSA) is 147 Å². The van der Waals surface area contributed by atoms with Gasteiger partial charge in [-0.1, -0.05) is 5.92 Å². The smallest absolute Gasteiger partial charge is 0.335 e. The van der Waals surface area contributed by atoms with Crippen molar-refractivity contribution in [3.8, 4) is 18.1 Å². The summed E-state index contributed by atoms with van der Waals surface area (Å²) in [7, 11) is 0. The van der Waals surface area contributed by atoms with Crippen LogP contribution < -0.4 is 4.74 Å². The van der Waals surface area contributed by atoms with Crippen LogP contribution in [-0.4, -0.2) is 135 Å². The van der Waals surface area contributed by atoms with Crippen LogP contribution in [0.5, 0.6) is 5.75 Å². The Bertz CT molecular complexity index is 967. The molecule has 1 heterocycles. The maximum absolute atomic E-state index is 11.6. The van der Waals surface area contributed by atoms with Gasteiger partial charge in [-0.05, 0) is 24.3 Å². The molecule has 0 aliphatic carbocycles. The van der Waals surface area contributed by atoms with Crippen LogP contribution in [0.15, 0.2) is 24.3 Å². The van der Waals surface area contributed by atoms with Crippen LogP contribution in [0.2, 0.25) is 0 Å². The SMILES string of the molecule is C#Cc1ccc(OCCOCCOCCOCCOCCOCCOCCOCCOCCC(=O)ON2C(=O)CCC2=O)cc1. The summed E-state index contributed by atoms with van der Waals surface area (Å²) in [5.41, 5.74) is 0.816. The van der Waals surface area contributed by atoms with Crippen molar-refractivity contribution in [1.82, 2.24) is 5.06 Å². The van der Waals surface area contributed by atoms with Gasteiger partial charge < -0.3 is 47.5 Å². The van der Waals surface area contributed by atoms with Crippen LogP contribution >= 0.6 is 0 Å². The Balaban J connectivity index is 1.19. The summed E-state index contributed by atoms with van der Waals surface area (Å²) < 4.78 is 48.9. The highest BCUT2D eigenvalue weighted by atomic mass is 16.7. The molecule has 1 saturated heterocycles. The Hall–Kier alpha value is -3.13. The number of terminal acetylenes is 1. The first-order chi connectivity index (χ1) is 22.1. The Kier molecular flexibility index (Phi) is 22.1. The fourth-order valence-corrected chi connectivity index (χ4v) is 3.47. The molecular weight excluding hydrogens is 594 g/mol. The second kappa shape index (κ2) is 26.1. The molecule has 45 heavy (non-hydrogen) atoms. The number of nitrogens with zero attached hydrogens (tertiary/aromatic N) is 1. The predicted molar refractivity (Wildman–Crippen MR) is 158 cm³/mol. The molecule has 0 bridgehead atoms. The Morgan fingerprint density at radius 2 is 0.933 bits per heavy atom. The lowest BCUT2D eigenvalue weighted by atomic mass is 10.2. The minimum Gasteiger partial charge on any atom is -0.491 e. The maximum atomic E-state index is 11.6. The molecule has 252 valence electrons. The molecule has 1 aromatic rings. The van der Waals surface area contributed by atoms with Crippen molar-refractivity contribution >= 4 is 17.8 Å². The molecule has 0 radical (unpaired) electrons. The highest BCUT2D eigenvalue weighted by molar-refractivity contribution is 6.01. The number of rotatable bonds is 29. The van der Waals surface area contributed by atoms with Gasteiger partial charge in [0.1, 0.15) is 12.4 Å². The van der Waals surface area contributed by atoms with Crippen molar-refractivity contribution in [1.29, 1.82) is 0 Å². The first-order valence-electron chi connectivity index (χ1n) is 15.0. The lowest BCUT2D eigenvalue weighted by Gasteiger charge is -2.12. The molecule has 1 fully saturated rings. The number of hydroxylamine groups is 2. The summed E-state index contributed by atoms with van der Waals surface area (Å²) in [5, 5.41) is 0.518. The zero-order valence-corrected chi connectivity index (χ0v) is 25.8. The van der Waals surface area contributed by atoms with Gasteiger partial charge in [-0.25, -0.2) is 4.79 Å². The van der Waals surface area contributed by atoms with E-state index < -0.39 is 17.8 Å². The van der Waals surface area contributed by atoms with Crippen LogP contribution in [0, 0.1) is 12.3 Å². The Labute approximate surface area is 264 Å². The van der Waals surface area contributed by atoms with Gasteiger partial charge >= 0.3 is 5.97 Å². The second-order valence-electron chi connectivity index (χ2n) is 9.21. The first-order valence-corrected chi connectivity index (χ1v) is 15.0. The predicted octanol–water partition coefficient (Wildman–Crippen LogP) is 1.18. The number of hydrogen-bond donors (Lipinski definition) is 0. The van der Waals surface area contributed by atoms with Crippen molar-refractivity contribution in [2.24, 2.45) is 0 Å². The monoisotopic (exact) mass is 639 g/mol. The van der Waals surface area contributed by atoms with E-state index in [4.69, 9.17) is 53.9 Å². The van der Waals surface area contributed by atoms with Crippen molar-refractivity contribution in [2.45, 2.75) is 19.3 Å². The lowest BCUT2D eigenvalue weighted by Crippen LogP contribution is -2.32. The molecule has 2 amide bonds. The summed E-state index contributed by atoms with van der Waals surface area (Å²) in [6.07, 6.45) is 5.37. The summed E-state index contributed by atoms with van der Waals surface area (Å²) in [6.45, 7) is 7.14. The number of carbonyl (C=O) groups is 3. The number of carbonyl (C=O) groups excluding carboxylic acids is 3. The van der Waals surface area contributed by atoms with Crippen molar-refractivity contribution in [3.63, 3.8) is 0 Å². The average molecular weight is 640 g/mol. The average Bonchev–Trinajstić information content (AvgIpc) is 3.36. The van der Waals surface area contributed by atoms with Gasteiger partial charge in [0.2, 0.25) is 0 Å². The summed E-state index contributed by atoms with van der Waals surface area (Å²) in [6, 6.07) is 7.33. The molecule has 1 aliphatic heterocycles. The fourth-order valence-electron chi connectivity index (χ4n) is 3.47. The third-order valence-corrected chi connectivity index (χ3v) is 5.77.